The van der Waals surface area contributed by atoms with Crippen molar-refractivity contribution in [2.45, 2.75) is 51.1 Å². The number of nitrogens with zero attached hydrogens (tertiary/aromatic N) is 1. The van der Waals surface area contributed by atoms with Gasteiger partial charge >= 0.3 is 0 Å². The molecule has 1 aliphatic heterocycles. The highest BCUT2D eigenvalue weighted by molar-refractivity contribution is 8.14. The van der Waals surface area contributed by atoms with Crippen molar-refractivity contribution in [3.05, 3.63) is 35.4 Å². The van der Waals surface area contributed by atoms with Crippen molar-refractivity contribution in [1.29, 1.82) is 0 Å². The minimum absolute atomic E-state index is 0.384. The zero-order chi connectivity index (χ0) is 13.1. The van der Waals surface area contributed by atoms with E-state index in [1.165, 1.54) is 42.6 Å². The van der Waals surface area contributed by atoms with Crippen LogP contribution in [0.15, 0.2) is 29.3 Å². The predicted molar refractivity (Wildman–Crippen MR) is 83.8 cm³/mol. The van der Waals surface area contributed by atoms with Gasteiger partial charge in [0, 0.05) is 11.3 Å². The van der Waals surface area contributed by atoms with E-state index in [2.05, 4.69) is 36.5 Å². The molecule has 0 radical (unpaired) electrons. The molecule has 2 aliphatic rings. The molecule has 1 aromatic rings. The number of benzene rings is 1. The lowest BCUT2D eigenvalue weighted by molar-refractivity contribution is 0.452. The van der Waals surface area contributed by atoms with E-state index in [-0.39, 0.29) is 0 Å². The van der Waals surface area contributed by atoms with Crippen molar-refractivity contribution in [2.75, 3.05) is 5.75 Å². The lowest BCUT2D eigenvalue weighted by Crippen LogP contribution is -2.40. The van der Waals surface area contributed by atoms with E-state index in [0.717, 1.165) is 18.1 Å². The maximum Gasteiger partial charge on any atom is 0.157 e. The summed E-state index contributed by atoms with van der Waals surface area (Å²) < 4.78 is 0. The summed E-state index contributed by atoms with van der Waals surface area (Å²) in [7, 11) is 0. The molecule has 2 fully saturated rings. The average molecular weight is 274 g/mol. The number of amidine groups is 1. The van der Waals surface area contributed by atoms with Crippen LogP contribution in [0.5, 0.6) is 0 Å². The summed E-state index contributed by atoms with van der Waals surface area (Å²) in [6.07, 6.45) is 6.50. The Labute approximate surface area is 120 Å². The van der Waals surface area contributed by atoms with Gasteiger partial charge in [0.2, 0.25) is 0 Å². The van der Waals surface area contributed by atoms with Crippen LogP contribution in [0.2, 0.25) is 0 Å². The fraction of sp³-hybridized carbons (Fsp3) is 0.562. The first kappa shape index (κ1) is 13.0. The topological polar surface area (TPSA) is 24.4 Å². The summed E-state index contributed by atoms with van der Waals surface area (Å²) >= 11 is 1.90. The molecule has 0 unspecified atom stereocenters. The number of hydrogen-bond donors (Lipinski definition) is 1. The predicted octanol–water partition coefficient (Wildman–Crippen LogP) is 3.75. The van der Waals surface area contributed by atoms with Gasteiger partial charge < -0.3 is 5.32 Å². The van der Waals surface area contributed by atoms with Crippen LogP contribution in [0.4, 0.5) is 0 Å². The molecule has 1 saturated heterocycles. The highest BCUT2D eigenvalue weighted by atomic mass is 32.2. The van der Waals surface area contributed by atoms with E-state index in [0.29, 0.717) is 5.54 Å². The summed E-state index contributed by atoms with van der Waals surface area (Å²) in [6.45, 7) is 2.99. The molecule has 1 saturated carbocycles. The second-order valence-electron chi connectivity index (χ2n) is 5.69. The Hall–Kier alpha value is -0.960. The second kappa shape index (κ2) is 5.58. The van der Waals surface area contributed by atoms with Crippen LogP contribution in [-0.4, -0.2) is 16.5 Å². The molecular weight excluding hydrogens is 252 g/mol. The Morgan fingerprint density at radius 2 is 1.84 bits per heavy atom. The Morgan fingerprint density at radius 1 is 1.16 bits per heavy atom. The first-order valence-corrected chi connectivity index (χ1v) is 8.31. The van der Waals surface area contributed by atoms with Crippen LogP contribution in [0, 0.1) is 0 Å². The maximum absolute atomic E-state index is 4.74. The second-order valence-corrected chi connectivity index (χ2v) is 6.66. The van der Waals surface area contributed by atoms with E-state index in [9.17, 15) is 0 Å². The zero-order valence-electron chi connectivity index (χ0n) is 11.6. The summed E-state index contributed by atoms with van der Waals surface area (Å²) in [4.78, 5) is 4.74. The van der Waals surface area contributed by atoms with Crippen molar-refractivity contribution in [1.82, 2.24) is 5.32 Å². The SMILES string of the molecule is CCc1ccc(CN=C2NC3(CCCC3)CS2)cc1. The smallest absolute Gasteiger partial charge is 0.157 e. The van der Waals surface area contributed by atoms with Crippen LogP contribution in [-0.2, 0) is 13.0 Å². The van der Waals surface area contributed by atoms with Crippen LogP contribution in [0.1, 0.15) is 43.7 Å². The molecule has 1 aliphatic carbocycles. The lowest BCUT2D eigenvalue weighted by Gasteiger charge is -2.21. The Kier molecular flexibility index (Phi) is 3.83. The fourth-order valence-electron chi connectivity index (χ4n) is 2.96. The van der Waals surface area contributed by atoms with Crippen LogP contribution >= 0.6 is 11.8 Å². The maximum atomic E-state index is 4.74. The fourth-order valence-corrected chi connectivity index (χ4v) is 4.17. The molecule has 1 spiro atoms. The number of aliphatic imine (C=N–C) groups is 1. The van der Waals surface area contributed by atoms with Crippen molar-refractivity contribution >= 4 is 16.9 Å². The normalized spacial score (nSPS) is 23.1. The number of rotatable bonds is 3. The summed E-state index contributed by atoms with van der Waals surface area (Å²) in [6, 6.07) is 8.83. The molecule has 102 valence electrons. The number of nitrogens with one attached hydrogen (secondary N) is 1. The molecule has 3 heteroatoms. The standard InChI is InChI=1S/C16H22N2S/c1-2-13-5-7-14(8-6-13)11-17-15-18-16(12-19-15)9-3-4-10-16/h5-8H,2-4,9-12H2,1H3,(H,17,18). The number of hydrogen-bond acceptors (Lipinski definition) is 2. The van der Waals surface area contributed by atoms with Crippen LogP contribution < -0.4 is 5.32 Å². The Morgan fingerprint density at radius 3 is 2.53 bits per heavy atom. The molecule has 1 aromatic carbocycles. The molecule has 0 atom stereocenters. The number of aryl methyl sites for hydroxylation is 1. The first-order chi connectivity index (χ1) is 9.30. The molecule has 0 bridgehead atoms. The third-order valence-corrected chi connectivity index (χ3v) is 5.46. The Bertz CT molecular complexity index is 458. The number of thioether (sulfide) groups is 1. The van der Waals surface area contributed by atoms with Gasteiger partial charge in [0.15, 0.2) is 5.17 Å². The average Bonchev–Trinajstić information content (AvgIpc) is 3.08. The highest BCUT2D eigenvalue weighted by Crippen LogP contribution is 2.37. The minimum atomic E-state index is 0.384. The van der Waals surface area contributed by atoms with Gasteiger partial charge in [0.1, 0.15) is 0 Å². The molecular formula is C16H22N2S. The molecule has 2 nitrogen and oxygen atoms in total. The van der Waals surface area contributed by atoms with Gasteiger partial charge in [-0.2, -0.15) is 0 Å². The summed E-state index contributed by atoms with van der Waals surface area (Å²) in [5.74, 6) is 1.21. The van der Waals surface area contributed by atoms with E-state index in [4.69, 9.17) is 4.99 Å². The molecule has 1 heterocycles. The Balaban J connectivity index is 1.60. The van der Waals surface area contributed by atoms with Crippen molar-refractivity contribution in [3.8, 4) is 0 Å². The molecule has 0 aromatic heterocycles. The quantitative estimate of drug-likeness (QED) is 0.907. The van der Waals surface area contributed by atoms with Gasteiger partial charge in [0.05, 0.1) is 6.54 Å². The van der Waals surface area contributed by atoms with Gasteiger partial charge in [-0.05, 0) is 30.4 Å². The monoisotopic (exact) mass is 274 g/mol. The third-order valence-electron chi connectivity index (χ3n) is 4.25. The zero-order valence-corrected chi connectivity index (χ0v) is 12.4. The van der Waals surface area contributed by atoms with E-state index < -0.39 is 0 Å². The minimum Gasteiger partial charge on any atom is -0.359 e. The van der Waals surface area contributed by atoms with E-state index in [1.54, 1.807) is 0 Å². The van der Waals surface area contributed by atoms with Crippen molar-refractivity contribution < 1.29 is 0 Å². The molecule has 19 heavy (non-hydrogen) atoms. The summed E-state index contributed by atoms with van der Waals surface area (Å²) in [5.41, 5.74) is 3.09. The third kappa shape index (κ3) is 2.97. The van der Waals surface area contributed by atoms with Gasteiger partial charge in [-0.3, -0.25) is 4.99 Å². The highest BCUT2D eigenvalue weighted by Gasteiger charge is 2.39. The molecule has 1 N–H and O–H groups in total. The first-order valence-electron chi connectivity index (χ1n) is 7.33. The van der Waals surface area contributed by atoms with Crippen molar-refractivity contribution in [2.24, 2.45) is 4.99 Å². The van der Waals surface area contributed by atoms with E-state index >= 15 is 0 Å². The molecule has 0 amide bonds. The van der Waals surface area contributed by atoms with Gasteiger partial charge in [-0.1, -0.05) is 55.8 Å². The van der Waals surface area contributed by atoms with E-state index in [1.807, 2.05) is 11.8 Å². The van der Waals surface area contributed by atoms with Gasteiger partial charge in [0.25, 0.3) is 0 Å². The largest absolute Gasteiger partial charge is 0.359 e. The molecule has 3 rings (SSSR count). The van der Waals surface area contributed by atoms with Gasteiger partial charge in [-0.25, -0.2) is 0 Å². The summed E-state index contributed by atoms with van der Waals surface area (Å²) in [5, 5.41) is 4.83. The van der Waals surface area contributed by atoms with Crippen molar-refractivity contribution in [3.63, 3.8) is 0 Å². The van der Waals surface area contributed by atoms with Gasteiger partial charge in [-0.15, -0.1) is 0 Å². The van der Waals surface area contributed by atoms with Crippen LogP contribution in [0.25, 0.3) is 0 Å². The van der Waals surface area contributed by atoms with Crippen LogP contribution in [0.3, 0.4) is 0 Å². The lowest BCUT2D eigenvalue weighted by atomic mass is 10.0.